The molecule has 0 heterocycles. The average Bonchev–Trinajstić information content (AvgIpc) is 3.06. The summed E-state index contributed by atoms with van der Waals surface area (Å²) < 4.78 is 21.9. The number of aliphatic hydroxyl groups is 2. The lowest BCUT2D eigenvalue weighted by molar-refractivity contribution is -0.124. The van der Waals surface area contributed by atoms with Crippen LogP contribution in [0.2, 0.25) is 0 Å². The van der Waals surface area contributed by atoms with Crippen LogP contribution in [-0.4, -0.2) is 59.0 Å². The molecule has 9 nitrogen and oxygen atoms in total. The minimum Gasteiger partial charge on any atom is -0.393 e. The normalized spacial score (nSPS) is 15.2. The van der Waals surface area contributed by atoms with E-state index in [0.29, 0.717) is 12.8 Å². The van der Waals surface area contributed by atoms with Gasteiger partial charge in [0.2, 0.25) is 5.91 Å². The van der Waals surface area contributed by atoms with Crippen molar-refractivity contribution in [1.29, 1.82) is 0 Å². The highest BCUT2D eigenvalue weighted by Gasteiger charge is 2.27. The van der Waals surface area contributed by atoms with E-state index in [0.717, 1.165) is 32.1 Å². The third-order valence-corrected chi connectivity index (χ3v) is 9.57. The first-order chi connectivity index (χ1) is 23.3. The van der Waals surface area contributed by atoms with E-state index in [9.17, 15) is 24.5 Å². The monoisotopic (exact) mass is 703 g/mol. The van der Waals surface area contributed by atoms with Gasteiger partial charge in [-0.05, 0) is 32.1 Å². The highest BCUT2D eigenvalue weighted by molar-refractivity contribution is 7.47. The third-order valence-electron chi connectivity index (χ3n) is 8.58. The van der Waals surface area contributed by atoms with Crippen LogP contribution >= 0.6 is 7.82 Å². The van der Waals surface area contributed by atoms with Crippen LogP contribution < -0.4 is 11.1 Å². The number of nitrogens with one attached hydrogen (secondary N) is 1. The number of hydrogen-bond acceptors (Lipinski definition) is 7. The molecule has 0 aromatic rings. The molecule has 0 fully saturated rings. The number of unbranched alkanes of at least 4 members (excludes halogenated alkanes) is 20. The van der Waals surface area contributed by atoms with Gasteiger partial charge in [-0.25, -0.2) is 4.57 Å². The van der Waals surface area contributed by atoms with Gasteiger partial charge in [0.05, 0.1) is 37.9 Å². The molecular formula is C38H75N2O7P. The minimum atomic E-state index is -4.39. The Morgan fingerprint density at radius 1 is 0.708 bits per heavy atom. The molecule has 4 atom stereocenters. The number of phosphoric acid groups is 1. The van der Waals surface area contributed by atoms with Crippen molar-refractivity contribution in [1.82, 2.24) is 5.32 Å². The minimum absolute atomic E-state index is 0.0455. The third kappa shape index (κ3) is 32.2. The Morgan fingerprint density at radius 2 is 1.19 bits per heavy atom. The maximum atomic E-state index is 12.7. The van der Waals surface area contributed by atoms with Gasteiger partial charge in [0.15, 0.2) is 0 Å². The lowest BCUT2D eigenvalue weighted by atomic mass is 10.0. The molecule has 10 heteroatoms. The van der Waals surface area contributed by atoms with E-state index in [4.69, 9.17) is 14.8 Å². The fraction of sp³-hybridized carbons (Fsp3) is 0.868. The molecule has 6 N–H and O–H groups in total. The predicted molar refractivity (Wildman–Crippen MR) is 200 cm³/mol. The molecule has 0 spiro atoms. The van der Waals surface area contributed by atoms with Crippen molar-refractivity contribution in [3.63, 3.8) is 0 Å². The first kappa shape index (κ1) is 46.9. The molecular weight excluding hydrogens is 627 g/mol. The van der Waals surface area contributed by atoms with Crippen molar-refractivity contribution in [3.8, 4) is 0 Å². The maximum Gasteiger partial charge on any atom is 0.472 e. The molecule has 0 bridgehead atoms. The molecule has 1 amide bonds. The van der Waals surface area contributed by atoms with E-state index in [1.807, 2.05) is 6.08 Å². The van der Waals surface area contributed by atoms with Gasteiger partial charge in [0.25, 0.3) is 0 Å². The second-order valence-corrected chi connectivity index (χ2v) is 14.8. The summed E-state index contributed by atoms with van der Waals surface area (Å²) in [5.74, 6) is -0.457. The average molecular weight is 703 g/mol. The first-order valence-electron chi connectivity index (χ1n) is 19.5. The highest BCUT2D eigenvalue weighted by atomic mass is 31.2. The van der Waals surface area contributed by atoms with Gasteiger partial charge in [0.1, 0.15) is 0 Å². The maximum absolute atomic E-state index is 12.7. The molecule has 0 aliphatic carbocycles. The lowest BCUT2D eigenvalue weighted by Crippen LogP contribution is -2.46. The SMILES string of the molecule is CCCCCC/C=C/CC/C=C/C(O)C(COP(=O)(O)OCCN)NC(=O)CC(O)CCCCCCCCCCCCCCCCCC. The summed E-state index contributed by atoms with van der Waals surface area (Å²) in [5.41, 5.74) is 5.34. The van der Waals surface area contributed by atoms with Gasteiger partial charge in [-0.1, -0.05) is 160 Å². The number of rotatable bonds is 36. The molecule has 4 unspecified atom stereocenters. The number of aliphatic hydroxyl groups excluding tert-OH is 2. The Labute approximate surface area is 294 Å². The number of phosphoric ester groups is 1. The van der Waals surface area contributed by atoms with Gasteiger partial charge >= 0.3 is 7.82 Å². The summed E-state index contributed by atoms with van der Waals surface area (Å²) in [7, 11) is -4.39. The van der Waals surface area contributed by atoms with Gasteiger partial charge in [-0.3, -0.25) is 13.8 Å². The molecule has 0 saturated heterocycles. The van der Waals surface area contributed by atoms with Crippen molar-refractivity contribution < 1.29 is 33.5 Å². The Balaban J connectivity index is 4.34. The van der Waals surface area contributed by atoms with Crippen LogP contribution in [0.4, 0.5) is 0 Å². The lowest BCUT2D eigenvalue weighted by Gasteiger charge is -2.24. The van der Waals surface area contributed by atoms with E-state index in [1.165, 1.54) is 109 Å². The second kappa shape index (κ2) is 34.4. The van der Waals surface area contributed by atoms with Gasteiger partial charge < -0.3 is 26.2 Å². The molecule has 0 aromatic carbocycles. The van der Waals surface area contributed by atoms with Gasteiger partial charge in [0, 0.05) is 6.54 Å². The number of carbonyl (C=O) groups is 1. The topological polar surface area (TPSA) is 151 Å². The van der Waals surface area contributed by atoms with Crippen molar-refractivity contribution in [3.05, 3.63) is 24.3 Å². The first-order valence-corrected chi connectivity index (χ1v) is 21.0. The van der Waals surface area contributed by atoms with E-state index in [2.05, 4.69) is 31.3 Å². The summed E-state index contributed by atoms with van der Waals surface area (Å²) >= 11 is 0. The van der Waals surface area contributed by atoms with Gasteiger partial charge in [-0.2, -0.15) is 0 Å². The standard InChI is InChI=1S/C38H75N2O7P/c1-3-5-7-9-11-13-15-16-17-18-19-20-21-23-25-27-29-35(41)33-38(43)40-36(34-47-48(44,45)46-32-31-39)37(42)30-28-26-24-22-14-12-10-8-6-4-2/h14,22,28,30,35-37,41-42H,3-13,15-21,23-27,29,31-34,39H2,1-2H3,(H,40,43)(H,44,45)/b22-14+,30-28+. The number of allylic oxidation sites excluding steroid dienone is 3. The van der Waals surface area contributed by atoms with E-state index in [1.54, 1.807) is 6.08 Å². The van der Waals surface area contributed by atoms with Crippen molar-refractivity contribution in [2.24, 2.45) is 5.73 Å². The summed E-state index contributed by atoms with van der Waals surface area (Å²) in [5, 5.41) is 23.9. The Hall–Kier alpha value is -1.06. The molecule has 0 saturated carbocycles. The summed E-state index contributed by atoms with van der Waals surface area (Å²) in [4.78, 5) is 22.6. The van der Waals surface area contributed by atoms with Crippen LogP contribution in [0.5, 0.6) is 0 Å². The Kier molecular flexibility index (Phi) is 33.6. The van der Waals surface area contributed by atoms with E-state index < -0.39 is 38.6 Å². The van der Waals surface area contributed by atoms with Crippen LogP contribution in [0.1, 0.15) is 174 Å². The zero-order valence-electron chi connectivity index (χ0n) is 30.8. The van der Waals surface area contributed by atoms with Crippen LogP contribution in [-0.2, 0) is 18.4 Å². The number of carbonyl (C=O) groups excluding carboxylic acids is 1. The molecule has 0 radical (unpaired) electrons. The van der Waals surface area contributed by atoms with E-state index in [-0.39, 0.29) is 19.6 Å². The molecule has 0 aliphatic rings. The summed E-state index contributed by atoms with van der Waals surface area (Å²) in [6.45, 7) is 3.90. The molecule has 284 valence electrons. The van der Waals surface area contributed by atoms with E-state index >= 15 is 0 Å². The largest absolute Gasteiger partial charge is 0.472 e. The Bertz CT molecular complexity index is 827. The number of nitrogens with two attached hydrogens (primary N) is 1. The van der Waals surface area contributed by atoms with Gasteiger partial charge in [-0.15, -0.1) is 0 Å². The summed E-state index contributed by atoms with van der Waals surface area (Å²) in [6, 6.07) is -0.993. The molecule has 0 aliphatic heterocycles. The fourth-order valence-electron chi connectivity index (χ4n) is 5.60. The quantitative estimate of drug-likeness (QED) is 0.0246. The smallest absolute Gasteiger partial charge is 0.393 e. The van der Waals surface area contributed by atoms with Crippen LogP contribution in [0.25, 0.3) is 0 Å². The summed E-state index contributed by atoms with van der Waals surface area (Å²) in [6.07, 6.45) is 34.2. The van der Waals surface area contributed by atoms with Crippen LogP contribution in [0.15, 0.2) is 24.3 Å². The van der Waals surface area contributed by atoms with Crippen molar-refractivity contribution >= 4 is 13.7 Å². The predicted octanol–water partition coefficient (Wildman–Crippen LogP) is 9.19. The number of amides is 1. The zero-order chi connectivity index (χ0) is 35.6. The second-order valence-electron chi connectivity index (χ2n) is 13.3. The Morgan fingerprint density at radius 3 is 1.73 bits per heavy atom. The van der Waals surface area contributed by atoms with Crippen molar-refractivity contribution in [2.45, 2.75) is 193 Å². The number of hydrogen-bond donors (Lipinski definition) is 5. The van der Waals surface area contributed by atoms with Crippen molar-refractivity contribution in [2.75, 3.05) is 19.8 Å². The molecule has 0 rings (SSSR count). The van der Waals surface area contributed by atoms with Crippen LogP contribution in [0.3, 0.4) is 0 Å². The fourth-order valence-corrected chi connectivity index (χ4v) is 6.36. The van der Waals surface area contributed by atoms with Crippen LogP contribution in [0, 0.1) is 0 Å². The zero-order valence-corrected chi connectivity index (χ0v) is 31.7. The molecule has 0 aromatic heterocycles. The highest BCUT2D eigenvalue weighted by Crippen LogP contribution is 2.43. The molecule has 48 heavy (non-hydrogen) atoms.